The zero-order valence-electron chi connectivity index (χ0n) is 9.33. The molecule has 1 heterocycles. The number of hydrogen-bond donors (Lipinski definition) is 0. The highest BCUT2D eigenvalue weighted by molar-refractivity contribution is 5.76. The van der Waals surface area contributed by atoms with Crippen LogP contribution < -0.4 is 0 Å². The standard InChI is InChI=1S/C11H21N2O/c1-4-7-11(14)13-9-6-5-8-10(13)12(2)3/h10H,1,4-9H2,2-3H3. The third-order valence-corrected chi connectivity index (χ3v) is 2.78. The molecule has 3 nitrogen and oxygen atoms in total. The van der Waals surface area contributed by atoms with Crippen LogP contribution in [0.4, 0.5) is 0 Å². The maximum atomic E-state index is 11.8. The van der Waals surface area contributed by atoms with Crippen LogP contribution in [-0.4, -0.2) is 42.5 Å². The summed E-state index contributed by atoms with van der Waals surface area (Å²) >= 11 is 0. The molecule has 0 aliphatic carbocycles. The lowest BCUT2D eigenvalue weighted by atomic mass is 10.1. The summed E-state index contributed by atoms with van der Waals surface area (Å²) in [5.74, 6) is 0.262. The second-order valence-corrected chi connectivity index (χ2v) is 4.13. The average molecular weight is 197 g/mol. The van der Waals surface area contributed by atoms with Crippen LogP contribution in [0, 0.1) is 6.92 Å². The Kier molecular flexibility index (Phi) is 4.39. The lowest BCUT2D eigenvalue weighted by molar-refractivity contribution is -0.138. The Morgan fingerprint density at radius 3 is 2.79 bits per heavy atom. The van der Waals surface area contributed by atoms with Crippen LogP contribution in [0.1, 0.15) is 32.1 Å². The van der Waals surface area contributed by atoms with Crippen LogP contribution in [0.3, 0.4) is 0 Å². The molecule has 1 aliphatic rings. The predicted molar refractivity (Wildman–Crippen MR) is 57.6 cm³/mol. The van der Waals surface area contributed by atoms with Crippen LogP contribution in [0.15, 0.2) is 0 Å². The van der Waals surface area contributed by atoms with Gasteiger partial charge in [0, 0.05) is 13.0 Å². The largest absolute Gasteiger partial charge is 0.327 e. The summed E-state index contributed by atoms with van der Waals surface area (Å²) in [7, 11) is 4.08. The van der Waals surface area contributed by atoms with Gasteiger partial charge in [-0.3, -0.25) is 9.69 Å². The molecule has 1 fully saturated rings. The Hall–Kier alpha value is -0.570. The van der Waals surface area contributed by atoms with E-state index in [9.17, 15) is 4.79 Å². The van der Waals surface area contributed by atoms with Crippen LogP contribution >= 0.6 is 0 Å². The smallest absolute Gasteiger partial charge is 0.223 e. The molecule has 1 radical (unpaired) electrons. The molecule has 0 spiro atoms. The molecule has 0 saturated carbocycles. The van der Waals surface area contributed by atoms with Crippen LogP contribution in [0.5, 0.6) is 0 Å². The molecule has 0 aromatic heterocycles. The summed E-state index contributed by atoms with van der Waals surface area (Å²) in [6.45, 7) is 4.65. The summed E-state index contributed by atoms with van der Waals surface area (Å²) in [6, 6.07) is 0. The minimum absolute atomic E-state index is 0.262. The first-order valence-corrected chi connectivity index (χ1v) is 5.42. The third kappa shape index (κ3) is 2.71. The molecule has 1 unspecified atom stereocenters. The highest BCUT2D eigenvalue weighted by Crippen LogP contribution is 2.19. The summed E-state index contributed by atoms with van der Waals surface area (Å²) in [5.41, 5.74) is 0. The van der Waals surface area contributed by atoms with Crippen molar-refractivity contribution in [3.63, 3.8) is 0 Å². The van der Waals surface area contributed by atoms with Crippen LogP contribution in [-0.2, 0) is 4.79 Å². The van der Waals surface area contributed by atoms with E-state index >= 15 is 0 Å². The van der Waals surface area contributed by atoms with Gasteiger partial charge < -0.3 is 4.90 Å². The number of nitrogens with zero attached hydrogens (tertiary/aromatic N) is 2. The Morgan fingerprint density at radius 2 is 2.21 bits per heavy atom. The first kappa shape index (κ1) is 11.5. The quantitative estimate of drug-likeness (QED) is 0.684. The van der Waals surface area contributed by atoms with E-state index in [-0.39, 0.29) is 5.91 Å². The molecule has 0 aromatic rings. The molecule has 14 heavy (non-hydrogen) atoms. The van der Waals surface area contributed by atoms with Crippen molar-refractivity contribution in [3.05, 3.63) is 6.92 Å². The van der Waals surface area contributed by atoms with E-state index in [4.69, 9.17) is 0 Å². The molecule has 3 heteroatoms. The third-order valence-electron chi connectivity index (χ3n) is 2.78. The summed E-state index contributed by atoms with van der Waals surface area (Å²) < 4.78 is 0. The number of carbonyl (C=O) groups is 1. The summed E-state index contributed by atoms with van der Waals surface area (Å²) in [6.07, 6.45) is 5.09. The number of hydrogen-bond acceptors (Lipinski definition) is 2. The second kappa shape index (κ2) is 5.35. The van der Waals surface area contributed by atoms with Gasteiger partial charge in [-0.25, -0.2) is 0 Å². The van der Waals surface area contributed by atoms with Gasteiger partial charge in [-0.2, -0.15) is 0 Å². The Labute approximate surface area is 87.1 Å². The Morgan fingerprint density at radius 1 is 1.50 bits per heavy atom. The number of carbonyl (C=O) groups excluding carboxylic acids is 1. The van der Waals surface area contributed by atoms with Crippen molar-refractivity contribution in [1.82, 2.24) is 9.80 Å². The van der Waals surface area contributed by atoms with Gasteiger partial charge in [-0.05, 0) is 39.8 Å². The van der Waals surface area contributed by atoms with E-state index in [1.807, 2.05) is 19.0 Å². The van der Waals surface area contributed by atoms with Gasteiger partial charge in [0.15, 0.2) is 0 Å². The molecule has 1 aliphatic heterocycles. The molecule has 0 aromatic carbocycles. The molecule has 1 saturated heterocycles. The molecule has 1 atom stereocenters. The van der Waals surface area contributed by atoms with E-state index in [0.29, 0.717) is 19.0 Å². The van der Waals surface area contributed by atoms with E-state index in [1.54, 1.807) is 0 Å². The van der Waals surface area contributed by atoms with Gasteiger partial charge in [0.1, 0.15) is 0 Å². The van der Waals surface area contributed by atoms with Gasteiger partial charge in [0.2, 0.25) is 5.91 Å². The SMILES string of the molecule is [CH2]CCC(=O)N1CCCCC1N(C)C. The van der Waals surface area contributed by atoms with Crippen molar-refractivity contribution in [1.29, 1.82) is 0 Å². The zero-order valence-corrected chi connectivity index (χ0v) is 9.33. The van der Waals surface area contributed by atoms with Gasteiger partial charge in [-0.15, -0.1) is 0 Å². The Balaban J connectivity index is 2.57. The van der Waals surface area contributed by atoms with Crippen molar-refractivity contribution in [2.45, 2.75) is 38.3 Å². The second-order valence-electron chi connectivity index (χ2n) is 4.13. The Bertz CT molecular complexity index is 192. The van der Waals surface area contributed by atoms with E-state index in [2.05, 4.69) is 11.8 Å². The fourth-order valence-corrected chi connectivity index (χ4v) is 2.04. The van der Waals surface area contributed by atoms with E-state index < -0.39 is 0 Å². The number of piperidine rings is 1. The molecule has 81 valence electrons. The van der Waals surface area contributed by atoms with Gasteiger partial charge in [0.05, 0.1) is 6.17 Å². The van der Waals surface area contributed by atoms with E-state index in [0.717, 1.165) is 19.4 Å². The van der Waals surface area contributed by atoms with Crippen molar-refractivity contribution >= 4 is 5.91 Å². The van der Waals surface area contributed by atoms with Crippen molar-refractivity contribution < 1.29 is 4.79 Å². The summed E-state index contributed by atoms with van der Waals surface area (Å²) in [4.78, 5) is 15.9. The number of likely N-dealkylation sites (tertiary alicyclic amines) is 1. The number of amides is 1. The molecule has 1 amide bonds. The first-order valence-electron chi connectivity index (χ1n) is 5.42. The lowest BCUT2D eigenvalue weighted by Gasteiger charge is -2.39. The molecule has 1 rings (SSSR count). The minimum atomic E-state index is 0.262. The monoisotopic (exact) mass is 197 g/mol. The molecular weight excluding hydrogens is 176 g/mol. The maximum Gasteiger partial charge on any atom is 0.223 e. The maximum absolute atomic E-state index is 11.8. The highest BCUT2D eigenvalue weighted by Gasteiger charge is 2.27. The van der Waals surface area contributed by atoms with Gasteiger partial charge in [0.25, 0.3) is 0 Å². The minimum Gasteiger partial charge on any atom is -0.327 e. The first-order chi connectivity index (χ1) is 6.66. The topological polar surface area (TPSA) is 23.6 Å². The predicted octanol–water partition coefficient (Wildman–Crippen LogP) is 1.50. The highest BCUT2D eigenvalue weighted by atomic mass is 16.2. The van der Waals surface area contributed by atoms with Crippen LogP contribution in [0.25, 0.3) is 0 Å². The van der Waals surface area contributed by atoms with Gasteiger partial charge in [-0.1, -0.05) is 6.92 Å². The molecule has 0 bridgehead atoms. The van der Waals surface area contributed by atoms with Crippen LogP contribution in [0.2, 0.25) is 0 Å². The summed E-state index contributed by atoms with van der Waals surface area (Å²) in [5, 5.41) is 0. The average Bonchev–Trinajstić information content (AvgIpc) is 2.18. The van der Waals surface area contributed by atoms with Crippen molar-refractivity contribution in [2.75, 3.05) is 20.6 Å². The van der Waals surface area contributed by atoms with Crippen molar-refractivity contribution in [2.24, 2.45) is 0 Å². The molecular formula is C11H21N2O. The van der Waals surface area contributed by atoms with Gasteiger partial charge >= 0.3 is 0 Å². The van der Waals surface area contributed by atoms with Crippen molar-refractivity contribution in [3.8, 4) is 0 Å². The lowest BCUT2D eigenvalue weighted by Crippen LogP contribution is -2.50. The fourth-order valence-electron chi connectivity index (χ4n) is 2.04. The van der Waals surface area contributed by atoms with E-state index in [1.165, 1.54) is 6.42 Å². The number of rotatable bonds is 3. The fraction of sp³-hybridized carbons (Fsp3) is 0.818. The normalized spacial score (nSPS) is 22.9. The zero-order chi connectivity index (χ0) is 10.6. The molecule has 0 N–H and O–H groups in total.